The van der Waals surface area contributed by atoms with Gasteiger partial charge in [0.1, 0.15) is 5.82 Å². The molecular formula is C15H16BrFN2. The Morgan fingerprint density at radius 3 is 2.79 bits per heavy atom. The van der Waals surface area contributed by atoms with Crippen molar-refractivity contribution in [2.75, 3.05) is 7.05 Å². The van der Waals surface area contributed by atoms with Gasteiger partial charge in [0, 0.05) is 18.0 Å². The molecule has 0 aliphatic heterocycles. The highest BCUT2D eigenvalue weighted by Gasteiger charge is 2.19. The van der Waals surface area contributed by atoms with Crippen molar-refractivity contribution in [3.05, 3.63) is 63.6 Å². The third kappa shape index (κ3) is 2.85. The van der Waals surface area contributed by atoms with Gasteiger partial charge in [-0.1, -0.05) is 19.1 Å². The molecule has 0 spiro atoms. The summed E-state index contributed by atoms with van der Waals surface area (Å²) < 4.78 is 14.7. The zero-order chi connectivity index (χ0) is 13.8. The highest BCUT2D eigenvalue weighted by atomic mass is 79.9. The first-order chi connectivity index (χ1) is 9.19. The Kier molecular flexibility index (Phi) is 4.66. The molecule has 19 heavy (non-hydrogen) atoms. The second-order valence-electron chi connectivity index (χ2n) is 4.29. The van der Waals surface area contributed by atoms with Crippen LogP contribution in [0.1, 0.15) is 29.7 Å². The van der Waals surface area contributed by atoms with Crippen LogP contribution in [0.5, 0.6) is 0 Å². The summed E-state index contributed by atoms with van der Waals surface area (Å²) in [5.74, 6) is -0.222. The van der Waals surface area contributed by atoms with Gasteiger partial charge < -0.3 is 5.32 Å². The topological polar surface area (TPSA) is 24.9 Å². The van der Waals surface area contributed by atoms with Crippen LogP contribution >= 0.6 is 15.9 Å². The third-order valence-corrected chi connectivity index (χ3v) is 3.83. The van der Waals surface area contributed by atoms with Crippen molar-refractivity contribution in [3.8, 4) is 0 Å². The van der Waals surface area contributed by atoms with E-state index in [9.17, 15) is 4.39 Å². The van der Waals surface area contributed by atoms with Crippen molar-refractivity contribution in [2.24, 2.45) is 0 Å². The molecule has 1 aromatic heterocycles. The normalized spacial score (nSPS) is 12.4. The SMILES string of the molecule is CCc1cnccc1C(NC)c1cccc(Br)c1F. The summed E-state index contributed by atoms with van der Waals surface area (Å²) in [5, 5.41) is 3.19. The van der Waals surface area contributed by atoms with Crippen LogP contribution in [0.3, 0.4) is 0 Å². The van der Waals surface area contributed by atoms with Crippen LogP contribution in [0.4, 0.5) is 4.39 Å². The van der Waals surface area contributed by atoms with Gasteiger partial charge in [0.15, 0.2) is 0 Å². The van der Waals surface area contributed by atoms with Gasteiger partial charge in [-0.2, -0.15) is 0 Å². The van der Waals surface area contributed by atoms with E-state index in [0.29, 0.717) is 10.0 Å². The largest absolute Gasteiger partial charge is 0.309 e. The van der Waals surface area contributed by atoms with Crippen LogP contribution in [0.15, 0.2) is 41.1 Å². The fourth-order valence-electron chi connectivity index (χ4n) is 2.24. The number of aromatic nitrogens is 1. The molecule has 0 aliphatic rings. The van der Waals surface area contributed by atoms with Gasteiger partial charge in [0.2, 0.25) is 0 Å². The number of rotatable bonds is 4. The molecule has 2 rings (SSSR count). The van der Waals surface area contributed by atoms with Gasteiger partial charge in [0.25, 0.3) is 0 Å². The van der Waals surface area contributed by atoms with Gasteiger partial charge in [-0.3, -0.25) is 4.98 Å². The summed E-state index contributed by atoms with van der Waals surface area (Å²) in [5.41, 5.74) is 2.83. The van der Waals surface area contributed by atoms with Gasteiger partial charge in [-0.15, -0.1) is 0 Å². The molecule has 100 valence electrons. The summed E-state index contributed by atoms with van der Waals surface area (Å²) >= 11 is 3.24. The molecule has 0 radical (unpaired) electrons. The molecule has 0 aliphatic carbocycles. The molecule has 4 heteroatoms. The first-order valence-electron chi connectivity index (χ1n) is 6.23. The molecule has 0 amide bonds. The monoisotopic (exact) mass is 322 g/mol. The first-order valence-corrected chi connectivity index (χ1v) is 7.02. The van der Waals surface area contributed by atoms with Crippen molar-refractivity contribution in [1.82, 2.24) is 10.3 Å². The predicted molar refractivity (Wildman–Crippen MR) is 78.6 cm³/mol. The van der Waals surface area contributed by atoms with Gasteiger partial charge >= 0.3 is 0 Å². The Hall–Kier alpha value is -1.26. The van der Waals surface area contributed by atoms with Crippen LogP contribution in [0.25, 0.3) is 0 Å². The minimum absolute atomic E-state index is 0.171. The fraction of sp³-hybridized carbons (Fsp3) is 0.267. The van der Waals surface area contributed by atoms with E-state index in [1.807, 2.05) is 25.4 Å². The number of aryl methyl sites for hydroxylation is 1. The van der Waals surface area contributed by atoms with Gasteiger partial charge in [0.05, 0.1) is 10.5 Å². The lowest BCUT2D eigenvalue weighted by Crippen LogP contribution is -2.20. The molecule has 1 aromatic carbocycles. The Morgan fingerprint density at radius 1 is 1.32 bits per heavy atom. The zero-order valence-corrected chi connectivity index (χ0v) is 12.5. The van der Waals surface area contributed by atoms with E-state index >= 15 is 0 Å². The van der Waals surface area contributed by atoms with Gasteiger partial charge in [-0.25, -0.2) is 4.39 Å². The average molecular weight is 323 g/mol. The second-order valence-corrected chi connectivity index (χ2v) is 5.15. The fourth-order valence-corrected chi connectivity index (χ4v) is 2.62. The number of nitrogens with one attached hydrogen (secondary N) is 1. The number of nitrogens with zero attached hydrogens (tertiary/aromatic N) is 1. The van der Waals surface area contributed by atoms with Crippen molar-refractivity contribution < 1.29 is 4.39 Å². The Balaban J connectivity index is 2.53. The third-order valence-electron chi connectivity index (χ3n) is 3.21. The Bertz CT molecular complexity index is 572. The molecule has 1 heterocycles. The Labute approximate surface area is 121 Å². The number of benzene rings is 1. The van der Waals surface area contributed by atoms with Gasteiger partial charge in [-0.05, 0) is 52.7 Å². The first kappa shape index (κ1) is 14.2. The molecule has 0 fully saturated rings. The minimum Gasteiger partial charge on any atom is -0.309 e. The highest BCUT2D eigenvalue weighted by Crippen LogP contribution is 2.29. The molecule has 1 unspecified atom stereocenters. The number of hydrogen-bond donors (Lipinski definition) is 1. The molecule has 2 aromatic rings. The lowest BCUT2D eigenvalue weighted by molar-refractivity contribution is 0.569. The van der Waals surface area contributed by atoms with Crippen LogP contribution in [0, 0.1) is 5.82 Å². The van der Waals surface area contributed by atoms with Crippen LogP contribution in [0.2, 0.25) is 0 Å². The zero-order valence-electron chi connectivity index (χ0n) is 11.0. The molecule has 2 nitrogen and oxygen atoms in total. The molecule has 0 bridgehead atoms. The van der Waals surface area contributed by atoms with Crippen LogP contribution in [-0.4, -0.2) is 12.0 Å². The van der Waals surface area contributed by atoms with Crippen molar-refractivity contribution in [3.63, 3.8) is 0 Å². The summed E-state index contributed by atoms with van der Waals surface area (Å²) in [4.78, 5) is 4.14. The second kappa shape index (κ2) is 6.26. The lowest BCUT2D eigenvalue weighted by Gasteiger charge is -2.20. The molecule has 0 saturated heterocycles. The van der Waals surface area contributed by atoms with E-state index < -0.39 is 0 Å². The van der Waals surface area contributed by atoms with E-state index in [1.165, 1.54) is 0 Å². The summed E-state index contributed by atoms with van der Waals surface area (Å²) in [6.45, 7) is 2.07. The summed E-state index contributed by atoms with van der Waals surface area (Å²) in [7, 11) is 1.84. The van der Waals surface area contributed by atoms with Crippen molar-refractivity contribution in [1.29, 1.82) is 0 Å². The molecular weight excluding hydrogens is 307 g/mol. The Morgan fingerprint density at radius 2 is 2.11 bits per heavy atom. The standard InChI is InChI=1S/C15H16BrFN2/c1-3-10-9-19-8-7-11(10)15(18-2)12-5-4-6-13(16)14(12)17/h4-9,15,18H,3H2,1-2H3. The molecule has 1 atom stereocenters. The maximum absolute atomic E-state index is 14.3. The van der Waals surface area contributed by atoms with Crippen LogP contribution < -0.4 is 5.32 Å². The number of pyridine rings is 1. The smallest absolute Gasteiger partial charge is 0.142 e. The molecule has 1 N–H and O–H groups in total. The van der Waals surface area contributed by atoms with Crippen molar-refractivity contribution >= 4 is 15.9 Å². The maximum Gasteiger partial charge on any atom is 0.142 e. The maximum atomic E-state index is 14.3. The molecule has 0 saturated carbocycles. The van der Waals surface area contributed by atoms with E-state index in [1.54, 1.807) is 18.3 Å². The van der Waals surface area contributed by atoms with E-state index in [-0.39, 0.29) is 11.9 Å². The summed E-state index contributed by atoms with van der Waals surface area (Å²) in [6.07, 6.45) is 4.46. The number of halogens is 2. The van der Waals surface area contributed by atoms with E-state index in [0.717, 1.165) is 17.5 Å². The van der Waals surface area contributed by atoms with E-state index in [2.05, 4.69) is 33.2 Å². The van der Waals surface area contributed by atoms with Crippen molar-refractivity contribution in [2.45, 2.75) is 19.4 Å². The average Bonchev–Trinajstić information content (AvgIpc) is 2.45. The predicted octanol–water partition coefficient (Wildman–Crippen LogP) is 3.85. The quantitative estimate of drug-likeness (QED) is 0.924. The summed E-state index contributed by atoms with van der Waals surface area (Å²) in [6, 6.07) is 7.13. The van der Waals surface area contributed by atoms with E-state index in [4.69, 9.17) is 0 Å². The minimum atomic E-state index is -0.222. The highest BCUT2D eigenvalue weighted by molar-refractivity contribution is 9.10. The van der Waals surface area contributed by atoms with Crippen LogP contribution in [-0.2, 0) is 6.42 Å². The number of hydrogen-bond acceptors (Lipinski definition) is 2. The lowest BCUT2D eigenvalue weighted by atomic mass is 9.94.